The first-order valence-electron chi connectivity index (χ1n) is 7.59. The number of benzene rings is 2. The third kappa shape index (κ3) is 2.42. The Balaban J connectivity index is 2.21. The van der Waals surface area contributed by atoms with Crippen molar-refractivity contribution in [3.63, 3.8) is 0 Å². The first-order chi connectivity index (χ1) is 11.0. The molecule has 0 bridgehead atoms. The van der Waals surface area contributed by atoms with E-state index < -0.39 is 5.60 Å². The van der Waals surface area contributed by atoms with Crippen LogP contribution in [0, 0.1) is 17.1 Å². The predicted molar refractivity (Wildman–Crippen MR) is 86.3 cm³/mol. The molecule has 118 valence electrons. The van der Waals surface area contributed by atoms with Crippen LogP contribution in [-0.4, -0.2) is 25.0 Å². The fraction of sp³-hybridized carbons (Fsp3) is 0.316. The minimum absolute atomic E-state index is 0.0437. The predicted octanol–water partition coefficient (Wildman–Crippen LogP) is 3.42. The Morgan fingerprint density at radius 2 is 1.91 bits per heavy atom. The molecule has 0 fully saturated rings. The Labute approximate surface area is 135 Å². The highest BCUT2D eigenvalue weighted by molar-refractivity contribution is 5.49. The van der Waals surface area contributed by atoms with Gasteiger partial charge in [-0.3, -0.25) is 0 Å². The largest absolute Gasteiger partial charge is 0.359 e. The van der Waals surface area contributed by atoms with Gasteiger partial charge in [-0.05, 0) is 62.0 Å². The molecule has 2 unspecified atom stereocenters. The molecule has 2 aromatic carbocycles. The molecule has 0 aromatic heterocycles. The van der Waals surface area contributed by atoms with Gasteiger partial charge in [0.2, 0.25) is 0 Å². The number of nitriles is 1. The molecule has 2 aromatic rings. The first kappa shape index (κ1) is 15.7. The molecule has 1 aliphatic rings. The van der Waals surface area contributed by atoms with Crippen molar-refractivity contribution in [2.75, 3.05) is 14.1 Å². The Hall–Kier alpha value is -2.22. The molecule has 23 heavy (non-hydrogen) atoms. The topological polar surface area (TPSA) is 36.3 Å². The molecule has 1 aliphatic heterocycles. The third-order valence-corrected chi connectivity index (χ3v) is 4.73. The summed E-state index contributed by atoms with van der Waals surface area (Å²) in [5, 5.41) is 9.10. The van der Waals surface area contributed by atoms with Crippen LogP contribution in [0.5, 0.6) is 0 Å². The van der Waals surface area contributed by atoms with E-state index in [4.69, 9.17) is 10.00 Å². The third-order valence-electron chi connectivity index (χ3n) is 4.73. The molecule has 0 spiro atoms. The van der Waals surface area contributed by atoms with E-state index in [1.54, 1.807) is 12.1 Å². The number of hydrogen-bond acceptors (Lipinski definition) is 3. The molecule has 2 atom stereocenters. The number of ether oxygens (including phenoxy) is 1. The number of halogens is 1. The van der Waals surface area contributed by atoms with Crippen molar-refractivity contribution in [2.45, 2.75) is 25.2 Å². The maximum Gasteiger partial charge on any atom is 0.134 e. The normalized spacial score (nSPS) is 21.0. The average molecular weight is 310 g/mol. The molecule has 3 rings (SSSR count). The van der Waals surface area contributed by atoms with E-state index in [2.05, 4.69) is 17.9 Å². The van der Waals surface area contributed by atoms with Gasteiger partial charge in [-0.15, -0.1) is 0 Å². The lowest BCUT2D eigenvalue weighted by atomic mass is 9.79. The lowest BCUT2D eigenvalue weighted by Gasteiger charge is -2.39. The van der Waals surface area contributed by atoms with Crippen LogP contribution in [-0.2, 0) is 16.9 Å². The van der Waals surface area contributed by atoms with Gasteiger partial charge in [0.25, 0.3) is 0 Å². The highest BCUT2D eigenvalue weighted by atomic mass is 19.1. The van der Waals surface area contributed by atoms with Crippen LogP contribution >= 0.6 is 0 Å². The molecular weight excluding hydrogens is 291 g/mol. The smallest absolute Gasteiger partial charge is 0.134 e. The zero-order valence-electron chi connectivity index (χ0n) is 13.5. The molecule has 3 nitrogen and oxygen atoms in total. The van der Waals surface area contributed by atoms with E-state index in [-0.39, 0.29) is 11.9 Å². The van der Waals surface area contributed by atoms with Gasteiger partial charge in [-0.25, -0.2) is 4.39 Å². The van der Waals surface area contributed by atoms with Gasteiger partial charge in [-0.1, -0.05) is 18.2 Å². The van der Waals surface area contributed by atoms with Crippen LogP contribution in [0.1, 0.15) is 29.2 Å². The van der Waals surface area contributed by atoms with E-state index in [1.807, 2.05) is 32.3 Å². The molecular formula is C19H19FN2O. The molecule has 0 aliphatic carbocycles. The van der Waals surface area contributed by atoms with Crippen LogP contribution in [0.3, 0.4) is 0 Å². The molecule has 0 radical (unpaired) electrons. The lowest BCUT2D eigenvalue weighted by Crippen LogP contribution is -2.46. The molecule has 0 saturated heterocycles. The fourth-order valence-corrected chi connectivity index (χ4v) is 3.30. The quantitative estimate of drug-likeness (QED) is 0.871. The highest BCUT2D eigenvalue weighted by Gasteiger charge is 2.47. The van der Waals surface area contributed by atoms with Gasteiger partial charge >= 0.3 is 0 Å². The highest BCUT2D eigenvalue weighted by Crippen LogP contribution is 2.45. The summed E-state index contributed by atoms with van der Waals surface area (Å²) in [7, 11) is 4.00. The number of nitrogens with zero attached hydrogens (tertiary/aromatic N) is 2. The summed E-state index contributed by atoms with van der Waals surface area (Å²) < 4.78 is 19.7. The van der Waals surface area contributed by atoms with E-state index in [0.29, 0.717) is 12.2 Å². The maximum absolute atomic E-state index is 13.4. The van der Waals surface area contributed by atoms with Crippen molar-refractivity contribution in [3.05, 3.63) is 70.5 Å². The van der Waals surface area contributed by atoms with Crippen molar-refractivity contribution in [3.8, 4) is 6.07 Å². The summed E-state index contributed by atoms with van der Waals surface area (Å²) in [6, 6.07) is 14.4. The van der Waals surface area contributed by atoms with Gasteiger partial charge in [0.05, 0.1) is 18.2 Å². The summed E-state index contributed by atoms with van der Waals surface area (Å²) in [6.45, 7) is 2.54. The Morgan fingerprint density at radius 3 is 2.52 bits per heavy atom. The van der Waals surface area contributed by atoms with Crippen LogP contribution < -0.4 is 0 Å². The average Bonchev–Trinajstić information content (AvgIpc) is 2.94. The minimum Gasteiger partial charge on any atom is -0.359 e. The standard InChI is InChI=1S/C19H19FN2O/c1-13(22(2)3)19(16-5-7-17(20)8-6-16)18-9-4-14(11-21)10-15(18)12-23-19/h4-10,13H,12H2,1-3H3. The number of fused-ring (bicyclic) bond motifs is 1. The van der Waals surface area contributed by atoms with E-state index in [1.165, 1.54) is 12.1 Å². The zero-order valence-corrected chi connectivity index (χ0v) is 13.5. The van der Waals surface area contributed by atoms with Crippen LogP contribution in [0.15, 0.2) is 42.5 Å². The van der Waals surface area contributed by atoms with Gasteiger partial charge < -0.3 is 9.64 Å². The van der Waals surface area contributed by atoms with Gasteiger partial charge in [0.15, 0.2) is 0 Å². The number of rotatable bonds is 3. The molecule has 1 heterocycles. The lowest BCUT2D eigenvalue weighted by molar-refractivity contribution is -0.0542. The Morgan fingerprint density at radius 1 is 1.22 bits per heavy atom. The molecule has 4 heteroatoms. The van der Waals surface area contributed by atoms with E-state index >= 15 is 0 Å². The summed E-state index contributed by atoms with van der Waals surface area (Å²) in [5.41, 5.74) is 2.94. The second kappa shape index (κ2) is 5.77. The first-order valence-corrected chi connectivity index (χ1v) is 7.59. The number of hydrogen-bond donors (Lipinski definition) is 0. The Bertz CT molecular complexity index is 764. The van der Waals surface area contributed by atoms with Crippen molar-refractivity contribution in [1.82, 2.24) is 4.90 Å². The summed E-state index contributed by atoms with van der Waals surface area (Å²) >= 11 is 0. The van der Waals surface area contributed by atoms with Crippen LogP contribution in [0.25, 0.3) is 0 Å². The Kier molecular flexibility index (Phi) is 3.93. The maximum atomic E-state index is 13.4. The fourth-order valence-electron chi connectivity index (χ4n) is 3.30. The second-order valence-electron chi connectivity index (χ2n) is 6.15. The summed E-state index contributed by atoms with van der Waals surface area (Å²) in [6.07, 6.45) is 0. The van der Waals surface area contributed by atoms with Crippen LogP contribution in [0.4, 0.5) is 4.39 Å². The van der Waals surface area contributed by atoms with Gasteiger partial charge in [0, 0.05) is 6.04 Å². The van der Waals surface area contributed by atoms with Gasteiger partial charge in [-0.2, -0.15) is 5.26 Å². The zero-order chi connectivity index (χ0) is 16.6. The molecule has 0 saturated carbocycles. The second-order valence-corrected chi connectivity index (χ2v) is 6.15. The van der Waals surface area contributed by atoms with Gasteiger partial charge in [0.1, 0.15) is 11.4 Å². The van der Waals surface area contributed by atoms with Crippen molar-refractivity contribution in [1.29, 1.82) is 5.26 Å². The monoisotopic (exact) mass is 310 g/mol. The van der Waals surface area contributed by atoms with Crippen molar-refractivity contribution in [2.24, 2.45) is 0 Å². The van der Waals surface area contributed by atoms with Crippen LogP contribution in [0.2, 0.25) is 0 Å². The molecule has 0 N–H and O–H groups in total. The summed E-state index contributed by atoms with van der Waals surface area (Å²) in [4.78, 5) is 2.09. The number of likely N-dealkylation sites (N-methyl/N-ethyl adjacent to an activating group) is 1. The summed E-state index contributed by atoms with van der Waals surface area (Å²) in [5.74, 6) is -0.264. The van der Waals surface area contributed by atoms with Crippen molar-refractivity contribution < 1.29 is 9.13 Å². The minimum atomic E-state index is -0.666. The SMILES string of the molecule is CC(N(C)C)C1(c2ccc(F)cc2)OCc2cc(C#N)ccc21. The molecule has 0 amide bonds. The van der Waals surface area contributed by atoms with E-state index in [9.17, 15) is 4.39 Å². The van der Waals surface area contributed by atoms with Crippen molar-refractivity contribution >= 4 is 0 Å². The van der Waals surface area contributed by atoms with E-state index in [0.717, 1.165) is 16.7 Å².